The highest BCUT2D eigenvalue weighted by Gasteiger charge is 2.35. The van der Waals surface area contributed by atoms with Gasteiger partial charge in [-0.2, -0.15) is 13.2 Å². The number of aryl methyl sites for hydroxylation is 1. The fraction of sp³-hybridized carbons (Fsp3) is 0.292. The van der Waals surface area contributed by atoms with E-state index in [0.29, 0.717) is 43.7 Å². The number of hydrogen-bond acceptors (Lipinski definition) is 3. The van der Waals surface area contributed by atoms with E-state index in [2.05, 4.69) is 23.5 Å². The molecule has 5 nitrogen and oxygen atoms in total. The van der Waals surface area contributed by atoms with E-state index in [-0.39, 0.29) is 23.8 Å². The molecule has 2 aliphatic rings. The Kier molecular flexibility index (Phi) is 7.12. The van der Waals surface area contributed by atoms with Crippen LogP contribution in [0.15, 0.2) is 66.4 Å². The number of rotatable bonds is 5. The molecule has 0 radical (unpaired) electrons. The van der Waals surface area contributed by atoms with Gasteiger partial charge in [0.2, 0.25) is 11.8 Å². The molecule has 168 valence electrons. The minimum atomic E-state index is -4.54. The maximum absolute atomic E-state index is 13.2. The van der Waals surface area contributed by atoms with Gasteiger partial charge in [0.1, 0.15) is 5.82 Å². The van der Waals surface area contributed by atoms with Gasteiger partial charge in [0, 0.05) is 31.8 Å². The zero-order valence-electron chi connectivity index (χ0n) is 17.5. The standard InChI is InChI=1S/C24H24F3N3O2/c1-3-5-20(16(2)24(25,26)27)18-6-4-12-30(13-11-18)22(32)10-7-17-14-19-8-9-21(31)29-23(19)28-15-17/h3,5-7,10,14-15H,1-2,4,8-9,11-13H2,(H,28,29,31)/b10-7+,20-5+. The van der Waals surface area contributed by atoms with Crippen molar-refractivity contribution < 1.29 is 22.8 Å². The number of nitrogens with zero attached hydrogens (tertiary/aromatic N) is 2. The van der Waals surface area contributed by atoms with Crippen molar-refractivity contribution in [3.05, 3.63) is 77.6 Å². The van der Waals surface area contributed by atoms with Crippen molar-refractivity contribution in [3.63, 3.8) is 0 Å². The van der Waals surface area contributed by atoms with Gasteiger partial charge in [0.25, 0.3) is 0 Å². The average molecular weight is 443 g/mol. The number of halogens is 3. The first-order chi connectivity index (χ1) is 15.2. The molecule has 0 fully saturated rings. The fourth-order valence-corrected chi connectivity index (χ4v) is 3.64. The monoisotopic (exact) mass is 443 g/mol. The highest BCUT2D eigenvalue weighted by atomic mass is 19.4. The zero-order valence-corrected chi connectivity index (χ0v) is 17.5. The molecule has 2 amide bonds. The van der Waals surface area contributed by atoms with E-state index >= 15 is 0 Å². The summed E-state index contributed by atoms with van der Waals surface area (Å²) in [5, 5.41) is 2.71. The second kappa shape index (κ2) is 9.80. The van der Waals surface area contributed by atoms with Gasteiger partial charge in [-0.05, 0) is 53.7 Å². The Morgan fingerprint density at radius 2 is 2.00 bits per heavy atom. The summed E-state index contributed by atoms with van der Waals surface area (Å²) >= 11 is 0. The highest BCUT2D eigenvalue weighted by Crippen LogP contribution is 2.35. The Morgan fingerprint density at radius 3 is 2.72 bits per heavy atom. The van der Waals surface area contributed by atoms with Crippen molar-refractivity contribution >= 4 is 23.7 Å². The quantitative estimate of drug-likeness (QED) is 0.527. The van der Waals surface area contributed by atoms with Crippen LogP contribution in [0.2, 0.25) is 0 Å². The number of carbonyl (C=O) groups excluding carboxylic acids is 2. The van der Waals surface area contributed by atoms with E-state index in [4.69, 9.17) is 0 Å². The predicted molar refractivity (Wildman–Crippen MR) is 118 cm³/mol. The molecule has 0 unspecified atom stereocenters. The molecule has 0 atom stereocenters. The molecule has 0 aliphatic carbocycles. The number of nitrogens with one attached hydrogen (secondary N) is 1. The lowest BCUT2D eigenvalue weighted by Gasteiger charge is -2.20. The summed E-state index contributed by atoms with van der Waals surface area (Å²) in [6.07, 6.45) is 6.18. The SMILES string of the molecule is C=C/C=C(\C(=C)C(F)(F)F)C1=CCCN(C(=O)/C=C/c2cnc3c(c2)CCC(=O)N3)CC1. The molecule has 8 heteroatoms. The summed E-state index contributed by atoms with van der Waals surface area (Å²) in [6.45, 7) is 7.40. The maximum atomic E-state index is 13.2. The van der Waals surface area contributed by atoms with E-state index in [1.165, 1.54) is 18.2 Å². The van der Waals surface area contributed by atoms with Gasteiger partial charge in [0.15, 0.2) is 0 Å². The molecule has 3 rings (SSSR count). The third-order valence-corrected chi connectivity index (χ3v) is 5.34. The normalized spacial score (nSPS) is 17.3. The van der Waals surface area contributed by atoms with Gasteiger partial charge in [-0.3, -0.25) is 9.59 Å². The minimum absolute atomic E-state index is 0.00423. The van der Waals surface area contributed by atoms with Crippen molar-refractivity contribution in [2.24, 2.45) is 0 Å². The maximum Gasteiger partial charge on any atom is 0.416 e. The molecule has 0 saturated heterocycles. The third kappa shape index (κ3) is 5.63. The van der Waals surface area contributed by atoms with E-state index in [1.54, 1.807) is 23.2 Å². The summed E-state index contributed by atoms with van der Waals surface area (Å²) < 4.78 is 39.5. The van der Waals surface area contributed by atoms with Crippen molar-refractivity contribution in [2.45, 2.75) is 31.9 Å². The summed E-state index contributed by atoms with van der Waals surface area (Å²) in [7, 11) is 0. The van der Waals surface area contributed by atoms with Crippen LogP contribution in [0.4, 0.5) is 19.0 Å². The van der Waals surface area contributed by atoms with E-state index in [0.717, 1.165) is 11.1 Å². The van der Waals surface area contributed by atoms with Crippen LogP contribution in [0, 0.1) is 0 Å². The number of carbonyl (C=O) groups is 2. The van der Waals surface area contributed by atoms with Crippen LogP contribution in [0.25, 0.3) is 6.08 Å². The Balaban J connectivity index is 1.65. The second-order valence-corrected chi connectivity index (χ2v) is 7.54. The second-order valence-electron chi connectivity index (χ2n) is 7.54. The topological polar surface area (TPSA) is 62.3 Å². The fourth-order valence-electron chi connectivity index (χ4n) is 3.64. The number of allylic oxidation sites excluding steroid dienone is 4. The number of alkyl halides is 3. The van der Waals surface area contributed by atoms with Crippen molar-refractivity contribution in [3.8, 4) is 0 Å². The van der Waals surface area contributed by atoms with Crippen LogP contribution in [-0.2, 0) is 16.0 Å². The van der Waals surface area contributed by atoms with Crippen molar-refractivity contribution in [1.29, 1.82) is 0 Å². The largest absolute Gasteiger partial charge is 0.416 e. The summed E-state index contributed by atoms with van der Waals surface area (Å²) in [5.74, 6) is 0.247. The summed E-state index contributed by atoms with van der Waals surface area (Å²) in [6, 6.07) is 1.88. The molecule has 1 aromatic rings. The lowest BCUT2D eigenvalue weighted by molar-refractivity contribution is -0.125. The van der Waals surface area contributed by atoms with Crippen LogP contribution in [-0.4, -0.2) is 41.0 Å². The molecule has 1 N–H and O–H groups in total. The Labute approximate surface area is 184 Å². The first-order valence-electron chi connectivity index (χ1n) is 10.2. The van der Waals surface area contributed by atoms with Gasteiger partial charge in [-0.15, -0.1) is 0 Å². The van der Waals surface area contributed by atoms with Crippen LogP contribution < -0.4 is 5.32 Å². The molecule has 0 saturated carbocycles. The Morgan fingerprint density at radius 1 is 1.22 bits per heavy atom. The molecule has 3 heterocycles. The summed E-state index contributed by atoms with van der Waals surface area (Å²) in [5.41, 5.74) is 1.24. The van der Waals surface area contributed by atoms with Gasteiger partial charge in [-0.1, -0.05) is 31.4 Å². The molecule has 0 aromatic carbocycles. The molecule has 2 aliphatic heterocycles. The number of fused-ring (bicyclic) bond motifs is 1. The van der Waals surface area contributed by atoms with Crippen molar-refractivity contribution in [1.82, 2.24) is 9.88 Å². The van der Waals surface area contributed by atoms with Crippen LogP contribution in [0.1, 0.15) is 30.4 Å². The lowest BCUT2D eigenvalue weighted by Crippen LogP contribution is -2.30. The lowest BCUT2D eigenvalue weighted by atomic mass is 9.95. The van der Waals surface area contributed by atoms with Crippen LogP contribution in [0.5, 0.6) is 0 Å². The van der Waals surface area contributed by atoms with Crippen molar-refractivity contribution in [2.75, 3.05) is 18.4 Å². The molecule has 32 heavy (non-hydrogen) atoms. The Hall–Kier alpha value is -3.42. The number of hydrogen-bond donors (Lipinski definition) is 1. The smallest absolute Gasteiger partial charge is 0.339 e. The van der Waals surface area contributed by atoms with Gasteiger partial charge in [-0.25, -0.2) is 4.98 Å². The third-order valence-electron chi connectivity index (χ3n) is 5.34. The summed E-state index contributed by atoms with van der Waals surface area (Å²) in [4.78, 5) is 29.9. The van der Waals surface area contributed by atoms with Gasteiger partial charge >= 0.3 is 6.18 Å². The number of anilines is 1. The first-order valence-corrected chi connectivity index (χ1v) is 10.2. The van der Waals surface area contributed by atoms with E-state index in [1.807, 2.05) is 6.07 Å². The van der Waals surface area contributed by atoms with E-state index < -0.39 is 11.7 Å². The average Bonchev–Trinajstić information content (AvgIpc) is 3.01. The van der Waals surface area contributed by atoms with Crippen LogP contribution >= 0.6 is 0 Å². The van der Waals surface area contributed by atoms with Gasteiger partial charge in [0.05, 0.1) is 5.57 Å². The number of pyridine rings is 1. The molecular weight excluding hydrogens is 419 g/mol. The minimum Gasteiger partial charge on any atom is -0.339 e. The zero-order chi connectivity index (χ0) is 23.3. The first kappa shape index (κ1) is 23.2. The molecule has 0 bridgehead atoms. The number of aromatic nitrogens is 1. The molecular formula is C24H24F3N3O2. The predicted octanol–water partition coefficient (Wildman–Crippen LogP) is 4.76. The van der Waals surface area contributed by atoms with E-state index in [9.17, 15) is 22.8 Å². The molecule has 1 aromatic heterocycles. The molecule has 0 spiro atoms. The van der Waals surface area contributed by atoms with Gasteiger partial charge < -0.3 is 10.2 Å². The Bertz CT molecular complexity index is 1040. The highest BCUT2D eigenvalue weighted by molar-refractivity contribution is 5.93. The number of amides is 2. The van der Waals surface area contributed by atoms with Crippen LogP contribution in [0.3, 0.4) is 0 Å².